The average Bonchev–Trinajstić information content (AvgIpc) is 3.52. The van der Waals surface area contributed by atoms with Gasteiger partial charge in [-0.05, 0) is 116 Å². The van der Waals surface area contributed by atoms with Crippen molar-refractivity contribution in [3.63, 3.8) is 0 Å². The summed E-state index contributed by atoms with van der Waals surface area (Å²) in [5.74, 6) is 4.19. The summed E-state index contributed by atoms with van der Waals surface area (Å²) in [6.07, 6.45) is 17.6. The van der Waals surface area contributed by atoms with E-state index in [9.17, 15) is 10.2 Å². The Hall–Kier alpha value is -1.80. The van der Waals surface area contributed by atoms with Gasteiger partial charge >= 0.3 is 0 Å². The zero-order chi connectivity index (χ0) is 36.8. The summed E-state index contributed by atoms with van der Waals surface area (Å²) in [5.41, 5.74) is 2.97. The minimum absolute atomic E-state index is 0.0452. The molecule has 1 heterocycles. The van der Waals surface area contributed by atoms with Crippen LogP contribution in [0.4, 0.5) is 0 Å². The third kappa shape index (κ3) is 8.64. The number of ether oxygens (including phenoxy) is 4. The van der Waals surface area contributed by atoms with Crippen molar-refractivity contribution >= 4 is 0 Å². The van der Waals surface area contributed by atoms with Crippen LogP contribution in [-0.2, 0) is 32.2 Å². The molecule has 0 spiro atoms. The number of rotatable bonds is 16. The molecule has 1 saturated heterocycles. The standard InChI is InChI=1S/C47H70O6/c1-4-5-6-7-8-15-20-35-22-24-39-38-23-21-36-29-37(25-27-47(36,3)40(38)26-28-46(35,39)2)52-45-44(51-32-34-18-13-10-14-19-34)43(42(49)41(30-48)53-45)50-31-33-16-11-9-12-17-33/h9-14,16-19,35-45,48-49H,4-8,15,20-32H2,1-3H3/t35-,36?,37?,38?,39?,40?,41?,42-,43-,44?,45+,46+,47-/m0/s1. The molecule has 7 rings (SSSR count). The maximum Gasteiger partial charge on any atom is 0.187 e. The molecule has 5 aliphatic rings. The zero-order valence-corrected chi connectivity index (χ0v) is 33.1. The van der Waals surface area contributed by atoms with Gasteiger partial charge in [-0.1, -0.05) is 120 Å². The number of hydrogen-bond donors (Lipinski definition) is 2. The fourth-order valence-electron chi connectivity index (χ4n) is 12.3. The summed E-state index contributed by atoms with van der Waals surface area (Å²) < 4.78 is 26.3. The predicted octanol–water partition coefficient (Wildman–Crippen LogP) is 10.0. The monoisotopic (exact) mass is 731 g/mol. The van der Waals surface area contributed by atoms with Crippen LogP contribution < -0.4 is 0 Å². The van der Waals surface area contributed by atoms with Crippen LogP contribution in [0.5, 0.6) is 0 Å². The molecular formula is C47H70O6. The Labute approximate surface area is 320 Å². The van der Waals surface area contributed by atoms with E-state index in [2.05, 4.69) is 20.8 Å². The van der Waals surface area contributed by atoms with E-state index in [1.807, 2.05) is 60.7 Å². The Morgan fingerprint density at radius 2 is 1.36 bits per heavy atom. The van der Waals surface area contributed by atoms with Crippen molar-refractivity contribution in [3.05, 3.63) is 71.8 Å². The third-order valence-electron chi connectivity index (χ3n) is 15.4. The van der Waals surface area contributed by atoms with E-state index in [1.54, 1.807) is 0 Å². The molecule has 6 heteroatoms. The highest BCUT2D eigenvalue weighted by Gasteiger charge is 2.60. The van der Waals surface area contributed by atoms with E-state index in [4.69, 9.17) is 18.9 Å². The van der Waals surface area contributed by atoms with Gasteiger partial charge in [0.1, 0.15) is 24.4 Å². The van der Waals surface area contributed by atoms with Gasteiger partial charge in [0.15, 0.2) is 6.29 Å². The molecule has 294 valence electrons. The van der Waals surface area contributed by atoms with Gasteiger partial charge < -0.3 is 29.2 Å². The van der Waals surface area contributed by atoms with Gasteiger partial charge in [-0.15, -0.1) is 0 Å². The topological polar surface area (TPSA) is 77.4 Å². The van der Waals surface area contributed by atoms with Crippen LogP contribution in [0.3, 0.4) is 0 Å². The Morgan fingerprint density at radius 3 is 2.06 bits per heavy atom. The predicted molar refractivity (Wildman–Crippen MR) is 210 cm³/mol. The van der Waals surface area contributed by atoms with Gasteiger partial charge in [0, 0.05) is 0 Å². The van der Waals surface area contributed by atoms with Crippen LogP contribution in [0.2, 0.25) is 0 Å². The molecular weight excluding hydrogens is 661 g/mol. The van der Waals surface area contributed by atoms with Crippen molar-refractivity contribution < 1.29 is 29.2 Å². The molecule has 6 nitrogen and oxygen atoms in total. The Morgan fingerprint density at radius 1 is 0.717 bits per heavy atom. The highest BCUT2D eigenvalue weighted by atomic mass is 16.7. The summed E-state index contributed by atoms with van der Waals surface area (Å²) in [7, 11) is 0. The average molecular weight is 731 g/mol. The lowest BCUT2D eigenvalue weighted by Gasteiger charge is -2.61. The van der Waals surface area contributed by atoms with Gasteiger partial charge in [0.05, 0.1) is 25.9 Å². The summed E-state index contributed by atoms with van der Waals surface area (Å²) in [4.78, 5) is 0. The van der Waals surface area contributed by atoms with E-state index in [0.717, 1.165) is 47.6 Å². The minimum Gasteiger partial charge on any atom is -0.394 e. The van der Waals surface area contributed by atoms with Crippen molar-refractivity contribution in [1.82, 2.24) is 0 Å². The molecule has 1 aliphatic heterocycles. The van der Waals surface area contributed by atoms with Crippen LogP contribution in [-0.4, -0.2) is 53.6 Å². The number of aliphatic hydroxyl groups is 2. The number of fused-ring (bicyclic) bond motifs is 5. The van der Waals surface area contributed by atoms with Crippen molar-refractivity contribution in [2.45, 2.75) is 174 Å². The van der Waals surface area contributed by atoms with Crippen LogP contribution >= 0.6 is 0 Å². The number of hydrogen-bond acceptors (Lipinski definition) is 6. The molecule has 4 saturated carbocycles. The molecule has 53 heavy (non-hydrogen) atoms. The van der Waals surface area contributed by atoms with Crippen molar-refractivity contribution in [2.24, 2.45) is 40.4 Å². The Kier molecular flexibility index (Phi) is 13.4. The summed E-state index contributed by atoms with van der Waals surface area (Å²) in [6.45, 7) is 8.02. The van der Waals surface area contributed by atoms with Gasteiger partial charge in [-0.2, -0.15) is 0 Å². The maximum absolute atomic E-state index is 11.4. The molecule has 2 aromatic rings. The molecule has 0 bridgehead atoms. The minimum atomic E-state index is -1.05. The highest BCUT2D eigenvalue weighted by Crippen LogP contribution is 2.68. The van der Waals surface area contributed by atoms with Crippen molar-refractivity contribution in [2.75, 3.05) is 6.61 Å². The second-order valence-corrected chi connectivity index (χ2v) is 18.3. The number of aliphatic hydroxyl groups excluding tert-OH is 2. The second-order valence-electron chi connectivity index (χ2n) is 18.3. The summed E-state index contributed by atoms with van der Waals surface area (Å²) >= 11 is 0. The van der Waals surface area contributed by atoms with E-state index >= 15 is 0 Å². The summed E-state index contributed by atoms with van der Waals surface area (Å²) in [6, 6.07) is 20.1. The van der Waals surface area contributed by atoms with E-state index in [-0.39, 0.29) is 12.7 Å². The highest BCUT2D eigenvalue weighted by molar-refractivity contribution is 5.15. The van der Waals surface area contributed by atoms with Crippen molar-refractivity contribution in [1.29, 1.82) is 0 Å². The first kappa shape index (κ1) is 39.4. The van der Waals surface area contributed by atoms with Crippen molar-refractivity contribution in [3.8, 4) is 0 Å². The maximum atomic E-state index is 11.4. The molecule has 0 amide bonds. The van der Waals surface area contributed by atoms with Gasteiger partial charge in [0.25, 0.3) is 0 Å². The first-order chi connectivity index (χ1) is 25.8. The lowest BCUT2D eigenvalue weighted by molar-refractivity contribution is -0.332. The van der Waals surface area contributed by atoms with Crippen LogP contribution in [0.15, 0.2) is 60.7 Å². The zero-order valence-electron chi connectivity index (χ0n) is 33.1. The lowest BCUT2D eigenvalue weighted by Crippen LogP contribution is -2.61. The molecule has 13 atom stereocenters. The quantitative estimate of drug-likeness (QED) is 0.132. The van der Waals surface area contributed by atoms with E-state index < -0.39 is 30.7 Å². The first-order valence-corrected chi connectivity index (χ1v) is 21.7. The SMILES string of the molecule is CCCCCCCC[C@H]1CCC2C3CCC4CC(O[C@@H]5OC(CO)[C@H](O)[C@H](OCc6ccccc6)C5OCc5ccccc5)CC[C@]4(C)C3CC[C@@]21C. The van der Waals surface area contributed by atoms with Crippen LogP contribution in [0.25, 0.3) is 0 Å². The fourth-order valence-corrected chi connectivity index (χ4v) is 12.3. The fraction of sp³-hybridized carbons (Fsp3) is 0.745. The van der Waals surface area contributed by atoms with Crippen LogP contribution in [0, 0.1) is 40.4 Å². The molecule has 2 N–H and O–H groups in total. The smallest absolute Gasteiger partial charge is 0.187 e. The van der Waals surface area contributed by atoms with Gasteiger partial charge in [-0.3, -0.25) is 0 Å². The van der Waals surface area contributed by atoms with E-state index in [1.165, 1.54) is 89.9 Å². The largest absolute Gasteiger partial charge is 0.394 e. The summed E-state index contributed by atoms with van der Waals surface area (Å²) in [5, 5.41) is 21.8. The Balaban J connectivity index is 1.00. The molecule has 2 aromatic carbocycles. The molecule has 5 fully saturated rings. The lowest BCUT2D eigenvalue weighted by atomic mass is 9.44. The molecule has 0 aromatic heterocycles. The van der Waals surface area contributed by atoms with Gasteiger partial charge in [-0.25, -0.2) is 0 Å². The molecule has 7 unspecified atom stereocenters. The first-order valence-electron chi connectivity index (χ1n) is 21.7. The van der Waals surface area contributed by atoms with Gasteiger partial charge in [0.2, 0.25) is 0 Å². The van der Waals surface area contributed by atoms with Crippen LogP contribution in [0.1, 0.15) is 135 Å². The molecule has 0 radical (unpaired) electrons. The van der Waals surface area contributed by atoms with E-state index in [0.29, 0.717) is 30.0 Å². The number of benzene rings is 2. The molecule has 4 aliphatic carbocycles. The number of unbranched alkanes of at least 4 members (excludes halogenated alkanes) is 5. The Bertz CT molecular complexity index is 1390. The normalized spacial score (nSPS) is 39.6. The third-order valence-corrected chi connectivity index (χ3v) is 15.4. The second kappa shape index (κ2) is 18.0.